The Hall–Kier alpha value is -5.47. The molecule has 0 bridgehead atoms. The number of unbranched alkanes of at least 4 members (excludes halogenated alkanes) is 1. The minimum absolute atomic E-state index is 0.0585. The third-order valence-corrected chi connectivity index (χ3v) is 9.02. The maximum Gasteiger partial charge on any atom is 0.309 e. The summed E-state index contributed by atoms with van der Waals surface area (Å²) < 4.78 is 11.8. The number of hydrogen-bond donors (Lipinski definition) is 3. The molecule has 8 heteroatoms. The summed E-state index contributed by atoms with van der Waals surface area (Å²) >= 11 is 0. The van der Waals surface area contributed by atoms with Crippen molar-refractivity contribution in [2.24, 2.45) is 11.8 Å². The number of aliphatic hydroxyl groups excluding tert-OH is 1. The SMILES string of the molecule is C=CCCC[C@H](Cc1ccccc1)C(=O)OC[C@@H](NC(=O)[C@H](CC=C)CC(=O)N[C@H](CO)Cc1ccc(OCc2ccccc2)cc1)c1ccccc1. The van der Waals surface area contributed by atoms with E-state index in [2.05, 4.69) is 23.8 Å². The Balaban J connectivity index is 1.34. The van der Waals surface area contributed by atoms with Gasteiger partial charge in [-0.2, -0.15) is 0 Å². The van der Waals surface area contributed by atoms with Crippen LogP contribution in [0, 0.1) is 11.8 Å². The number of hydrogen-bond acceptors (Lipinski definition) is 6. The van der Waals surface area contributed by atoms with Crippen LogP contribution in [0.15, 0.2) is 141 Å². The number of carbonyl (C=O) groups is 3. The van der Waals surface area contributed by atoms with Gasteiger partial charge in [-0.25, -0.2) is 0 Å². The summed E-state index contributed by atoms with van der Waals surface area (Å²) in [7, 11) is 0. The van der Waals surface area contributed by atoms with E-state index in [1.54, 1.807) is 6.08 Å². The molecule has 0 saturated heterocycles. The Morgan fingerprint density at radius 3 is 1.96 bits per heavy atom. The Morgan fingerprint density at radius 1 is 0.717 bits per heavy atom. The summed E-state index contributed by atoms with van der Waals surface area (Å²) in [6, 6.07) is 35.5. The van der Waals surface area contributed by atoms with E-state index in [9.17, 15) is 19.5 Å². The average Bonchev–Trinajstić information content (AvgIpc) is 3.19. The van der Waals surface area contributed by atoms with Crippen molar-refractivity contribution in [2.75, 3.05) is 13.2 Å². The second-order valence-corrected chi connectivity index (χ2v) is 13.2. The molecule has 4 aromatic carbocycles. The van der Waals surface area contributed by atoms with Gasteiger partial charge in [0.15, 0.2) is 0 Å². The first-order valence-corrected chi connectivity index (χ1v) is 18.3. The Bertz CT molecular complexity index is 1700. The normalized spacial score (nSPS) is 13.1. The minimum Gasteiger partial charge on any atom is -0.489 e. The lowest BCUT2D eigenvalue weighted by Gasteiger charge is -2.24. The smallest absolute Gasteiger partial charge is 0.309 e. The van der Waals surface area contributed by atoms with E-state index in [-0.39, 0.29) is 49.8 Å². The zero-order chi connectivity index (χ0) is 37.7. The highest BCUT2D eigenvalue weighted by Crippen LogP contribution is 2.22. The molecule has 0 aromatic heterocycles. The summed E-state index contributed by atoms with van der Waals surface area (Å²) in [5.41, 5.74) is 3.82. The first kappa shape index (κ1) is 40.3. The van der Waals surface area contributed by atoms with Crippen LogP contribution in [-0.4, -0.2) is 42.1 Å². The molecule has 53 heavy (non-hydrogen) atoms. The van der Waals surface area contributed by atoms with Gasteiger partial charge in [-0.3, -0.25) is 14.4 Å². The maximum absolute atomic E-state index is 13.7. The Labute approximate surface area is 313 Å². The fourth-order valence-electron chi connectivity index (χ4n) is 6.09. The third-order valence-electron chi connectivity index (χ3n) is 9.02. The molecule has 8 nitrogen and oxygen atoms in total. The molecule has 0 unspecified atom stereocenters. The third kappa shape index (κ3) is 14.2. The molecule has 2 amide bonds. The zero-order valence-electron chi connectivity index (χ0n) is 30.4. The van der Waals surface area contributed by atoms with Crippen LogP contribution in [0.25, 0.3) is 0 Å². The van der Waals surface area contributed by atoms with Gasteiger partial charge < -0.3 is 25.2 Å². The first-order valence-electron chi connectivity index (χ1n) is 18.3. The van der Waals surface area contributed by atoms with Gasteiger partial charge in [-0.05, 0) is 72.9 Å². The van der Waals surface area contributed by atoms with Gasteiger partial charge in [-0.1, -0.05) is 115 Å². The molecule has 278 valence electrons. The van der Waals surface area contributed by atoms with Crippen molar-refractivity contribution in [3.63, 3.8) is 0 Å². The van der Waals surface area contributed by atoms with Crippen LogP contribution >= 0.6 is 0 Å². The van der Waals surface area contributed by atoms with E-state index >= 15 is 0 Å². The van der Waals surface area contributed by atoms with Crippen molar-refractivity contribution < 1.29 is 29.0 Å². The fourth-order valence-corrected chi connectivity index (χ4v) is 6.09. The van der Waals surface area contributed by atoms with Gasteiger partial charge in [0.25, 0.3) is 0 Å². The minimum atomic E-state index is -0.723. The number of esters is 1. The van der Waals surface area contributed by atoms with E-state index in [0.29, 0.717) is 25.9 Å². The molecule has 0 spiro atoms. The van der Waals surface area contributed by atoms with Gasteiger partial charge in [0, 0.05) is 6.42 Å². The molecule has 0 aliphatic rings. The molecule has 0 aliphatic carbocycles. The van der Waals surface area contributed by atoms with Crippen molar-refractivity contribution in [3.05, 3.63) is 163 Å². The second kappa shape index (κ2) is 22.5. The monoisotopic (exact) mass is 716 g/mol. The lowest BCUT2D eigenvalue weighted by molar-refractivity contribution is -0.150. The molecule has 0 radical (unpaired) electrons. The van der Waals surface area contributed by atoms with Crippen molar-refractivity contribution in [3.8, 4) is 5.75 Å². The lowest BCUT2D eigenvalue weighted by atomic mass is 9.94. The Morgan fingerprint density at radius 2 is 1.34 bits per heavy atom. The van der Waals surface area contributed by atoms with E-state index in [1.807, 2.05) is 121 Å². The summed E-state index contributed by atoms with van der Waals surface area (Å²) in [5, 5.41) is 16.0. The van der Waals surface area contributed by atoms with Crippen LogP contribution in [0.3, 0.4) is 0 Å². The number of benzene rings is 4. The first-order chi connectivity index (χ1) is 25.9. The van der Waals surface area contributed by atoms with Crippen LogP contribution in [0.2, 0.25) is 0 Å². The highest BCUT2D eigenvalue weighted by atomic mass is 16.5. The largest absolute Gasteiger partial charge is 0.489 e. The highest BCUT2D eigenvalue weighted by Gasteiger charge is 2.27. The summed E-state index contributed by atoms with van der Waals surface area (Å²) in [6.07, 6.45) is 6.84. The molecular weight excluding hydrogens is 665 g/mol. The summed E-state index contributed by atoms with van der Waals surface area (Å²) in [5.74, 6) is -1.38. The van der Waals surface area contributed by atoms with Crippen molar-refractivity contribution in [2.45, 2.75) is 63.6 Å². The standard InChI is InChI=1S/C45H52N2O6/c1-3-5-9-23-39(28-34-17-10-6-11-18-34)45(51)53-33-42(37-21-14-8-15-22-37)47-44(50)38(16-4-2)30-43(49)46-40(31-48)29-35-24-26-41(27-25-35)52-32-36-19-12-7-13-20-36/h3-4,6-8,10-15,17-22,24-27,38-40,42,48H,1-2,5,9,16,23,28-33H2,(H,46,49)(H,47,50)/t38-,39-,40+,42-/m1/s1. The number of allylic oxidation sites excluding steroid dienone is 2. The molecule has 4 atom stereocenters. The summed E-state index contributed by atoms with van der Waals surface area (Å²) in [4.78, 5) is 40.4. The molecular formula is C45H52N2O6. The number of ether oxygens (including phenoxy) is 2. The average molecular weight is 717 g/mol. The van der Waals surface area contributed by atoms with E-state index in [4.69, 9.17) is 9.47 Å². The number of nitrogens with one attached hydrogen (secondary N) is 2. The Kier molecular flexibility index (Phi) is 17.1. The highest BCUT2D eigenvalue weighted by molar-refractivity contribution is 5.86. The van der Waals surface area contributed by atoms with Gasteiger partial charge in [-0.15, -0.1) is 13.2 Å². The number of rotatable bonds is 23. The van der Waals surface area contributed by atoms with Gasteiger partial charge in [0.2, 0.25) is 11.8 Å². The number of carbonyl (C=O) groups excluding carboxylic acids is 3. The van der Waals surface area contributed by atoms with Gasteiger partial charge in [0.05, 0.1) is 30.5 Å². The predicted octanol–water partition coefficient (Wildman–Crippen LogP) is 7.48. The van der Waals surface area contributed by atoms with Crippen molar-refractivity contribution >= 4 is 17.8 Å². The van der Waals surface area contributed by atoms with Gasteiger partial charge >= 0.3 is 5.97 Å². The van der Waals surface area contributed by atoms with Crippen LogP contribution in [0.4, 0.5) is 0 Å². The second-order valence-electron chi connectivity index (χ2n) is 13.2. The zero-order valence-corrected chi connectivity index (χ0v) is 30.4. The predicted molar refractivity (Wildman–Crippen MR) is 209 cm³/mol. The molecule has 4 aromatic rings. The maximum atomic E-state index is 13.7. The summed E-state index contributed by atoms with van der Waals surface area (Å²) in [6.45, 7) is 7.73. The quantitative estimate of drug-likeness (QED) is 0.0417. The molecule has 0 heterocycles. The molecule has 0 aliphatic heterocycles. The lowest BCUT2D eigenvalue weighted by Crippen LogP contribution is -2.42. The van der Waals surface area contributed by atoms with Crippen LogP contribution in [0.1, 0.15) is 60.4 Å². The molecule has 0 saturated carbocycles. The van der Waals surface area contributed by atoms with Crippen molar-refractivity contribution in [1.29, 1.82) is 0 Å². The van der Waals surface area contributed by atoms with Gasteiger partial charge in [0.1, 0.15) is 19.0 Å². The van der Waals surface area contributed by atoms with Crippen LogP contribution in [0.5, 0.6) is 5.75 Å². The van der Waals surface area contributed by atoms with Crippen molar-refractivity contribution in [1.82, 2.24) is 10.6 Å². The topological polar surface area (TPSA) is 114 Å². The molecule has 0 fully saturated rings. The van der Waals surface area contributed by atoms with E-state index < -0.39 is 18.0 Å². The van der Waals surface area contributed by atoms with Crippen LogP contribution in [-0.2, 0) is 38.6 Å². The fraction of sp³-hybridized carbons (Fsp3) is 0.311. The van der Waals surface area contributed by atoms with Crippen LogP contribution < -0.4 is 15.4 Å². The number of aliphatic hydroxyl groups is 1. The van der Waals surface area contributed by atoms with E-state index in [0.717, 1.165) is 40.8 Å². The van der Waals surface area contributed by atoms with E-state index in [1.165, 1.54) is 0 Å². The molecule has 4 rings (SSSR count). The molecule has 3 N–H and O–H groups in total. The number of amides is 2.